The number of benzene rings is 2. The molecule has 3 amide bonds. The maximum Gasteiger partial charge on any atom is 0.279 e. The average molecular weight is 472 g/mol. The van der Waals surface area contributed by atoms with E-state index in [0.29, 0.717) is 22.0 Å². The number of aryl methyl sites for hydroxylation is 1. The maximum absolute atomic E-state index is 13.0. The van der Waals surface area contributed by atoms with Gasteiger partial charge in [-0.2, -0.15) is 0 Å². The summed E-state index contributed by atoms with van der Waals surface area (Å²) in [6, 6.07) is 11.8. The summed E-state index contributed by atoms with van der Waals surface area (Å²) in [5, 5.41) is 6.19. The molecule has 32 heavy (non-hydrogen) atoms. The van der Waals surface area contributed by atoms with Crippen molar-refractivity contribution in [3.63, 3.8) is 0 Å². The monoisotopic (exact) mass is 471 g/mol. The zero-order valence-electron chi connectivity index (χ0n) is 17.6. The number of anilines is 2. The molecule has 2 aromatic rings. The van der Waals surface area contributed by atoms with Crippen LogP contribution in [-0.4, -0.2) is 28.7 Å². The zero-order chi connectivity index (χ0) is 22.8. The standard InChI is InChI=1S/C24H23Cl2N3O3/c1-14-10-11-17(13-19(14)25)28-22(30)15-6-5-7-16(12-15)27-21-20(26)23(31)29(24(21)32)18-8-3-2-4-9-18/h5-7,10-13,18,27H,2-4,8-9H2,1H3,(H,28,30). The van der Waals surface area contributed by atoms with E-state index in [1.54, 1.807) is 36.4 Å². The number of rotatable bonds is 5. The Morgan fingerprint density at radius 2 is 1.72 bits per heavy atom. The smallest absolute Gasteiger partial charge is 0.279 e. The number of hydrogen-bond acceptors (Lipinski definition) is 4. The summed E-state index contributed by atoms with van der Waals surface area (Å²) < 4.78 is 0. The molecule has 166 valence electrons. The normalized spacial score (nSPS) is 17.2. The maximum atomic E-state index is 13.0. The van der Waals surface area contributed by atoms with E-state index in [1.807, 2.05) is 13.0 Å². The Labute approximate surface area is 196 Å². The number of amides is 3. The fourth-order valence-electron chi connectivity index (χ4n) is 4.05. The molecule has 4 rings (SSSR count). The highest BCUT2D eigenvalue weighted by Gasteiger charge is 2.42. The highest BCUT2D eigenvalue weighted by molar-refractivity contribution is 6.48. The lowest BCUT2D eigenvalue weighted by atomic mass is 9.94. The van der Waals surface area contributed by atoms with Crippen LogP contribution in [0.5, 0.6) is 0 Å². The Bertz CT molecular complexity index is 1120. The number of imide groups is 1. The molecule has 2 aliphatic rings. The van der Waals surface area contributed by atoms with Crippen LogP contribution < -0.4 is 10.6 Å². The van der Waals surface area contributed by atoms with Crippen molar-refractivity contribution >= 4 is 52.3 Å². The molecule has 2 aromatic carbocycles. The molecule has 0 bridgehead atoms. The highest BCUT2D eigenvalue weighted by atomic mass is 35.5. The first kappa shape index (κ1) is 22.4. The molecule has 1 aliphatic carbocycles. The molecule has 0 atom stereocenters. The largest absolute Gasteiger partial charge is 0.350 e. The van der Waals surface area contributed by atoms with Gasteiger partial charge in [0.1, 0.15) is 10.7 Å². The second-order valence-corrected chi connectivity index (χ2v) is 8.87. The molecule has 2 N–H and O–H groups in total. The van der Waals surface area contributed by atoms with Crippen molar-refractivity contribution in [1.29, 1.82) is 0 Å². The molecule has 0 saturated heterocycles. The Morgan fingerprint density at radius 1 is 0.969 bits per heavy atom. The van der Waals surface area contributed by atoms with Gasteiger partial charge in [0.05, 0.1) is 0 Å². The summed E-state index contributed by atoms with van der Waals surface area (Å²) >= 11 is 12.4. The molecular formula is C24H23Cl2N3O3. The van der Waals surface area contributed by atoms with E-state index in [-0.39, 0.29) is 22.7 Å². The van der Waals surface area contributed by atoms with Gasteiger partial charge in [-0.25, -0.2) is 0 Å². The Morgan fingerprint density at radius 3 is 2.44 bits per heavy atom. The number of hydrogen-bond donors (Lipinski definition) is 2. The third-order valence-corrected chi connectivity index (χ3v) is 6.58. The zero-order valence-corrected chi connectivity index (χ0v) is 19.1. The van der Waals surface area contributed by atoms with Gasteiger partial charge in [0.15, 0.2) is 0 Å². The second-order valence-electron chi connectivity index (χ2n) is 8.09. The van der Waals surface area contributed by atoms with Crippen LogP contribution in [0.2, 0.25) is 5.02 Å². The average Bonchev–Trinajstić information content (AvgIpc) is 3.00. The lowest BCUT2D eigenvalue weighted by molar-refractivity contribution is -0.140. The van der Waals surface area contributed by atoms with Crippen molar-refractivity contribution in [3.05, 3.63) is 69.3 Å². The molecule has 1 aliphatic heterocycles. The number of nitrogens with one attached hydrogen (secondary N) is 2. The van der Waals surface area contributed by atoms with Gasteiger partial charge in [-0.15, -0.1) is 0 Å². The van der Waals surface area contributed by atoms with Crippen molar-refractivity contribution in [2.45, 2.75) is 45.1 Å². The second kappa shape index (κ2) is 9.35. The molecule has 0 aromatic heterocycles. The van der Waals surface area contributed by atoms with Crippen LogP contribution >= 0.6 is 23.2 Å². The van der Waals surface area contributed by atoms with Crippen LogP contribution in [0.3, 0.4) is 0 Å². The van der Waals surface area contributed by atoms with Crippen LogP contribution in [0, 0.1) is 6.92 Å². The molecule has 1 fully saturated rings. The van der Waals surface area contributed by atoms with E-state index in [0.717, 1.165) is 37.7 Å². The summed E-state index contributed by atoms with van der Waals surface area (Å²) in [7, 11) is 0. The van der Waals surface area contributed by atoms with Gasteiger partial charge in [0, 0.05) is 28.0 Å². The number of carbonyl (C=O) groups is 3. The van der Waals surface area contributed by atoms with E-state index >= 15 is 0 Å². The SMILES string of the molecule is Cc1ccc(NC(=O)c2cccc(NC3=C(Cl)C(=O)N(C4CCCCC4)C3=O)c2)cc1Cl. The van der Waals surface area contributed by atoms with Gasteiger partial charge in [0.2, 0.25) is 0 Å². The van der Waals surface area contributed by atoms with E-state index in [4.69, 9.17) is 23.2 Å². The van der Waals surface area contributed by atoms with E-state index < -0.39 is 11.8 Å². The molecule has 0 unspecified atom stereocenters. The number of nitrogens with zero attached hydrogens (tertiary/aromatic N) is 1. The predicted octanol–water partition coefficient (Wildman–Crippen LogP) is 5.46. The molecule has 6 nitrogen and oxygen atoms in total. The molecule has 8 heteroatoms. The van der Waals surface area contributed by atoms with Gasteiger partial charge in [-0.3, -0.25) is 19.3 Å². The molecule has 1 heterocycles. The summed E-state index contributed by atoms with van der Waals surface area (Å²) in [6.45, 7) is 1.88. The van der Waals surface area contributed by atoms with Crippen LogP contribution in [-0.2, 0) is 9.59 Å². The quantitative estimate of drug-likeness (QED) is 0.567. The van der Waals surface area contributed by atoms with Crippen molar-refractivity contribution < 1.29 is 14.4 Å². The Kier molecular flexibility index (Phi) is 6.53. The van der Waals surface area contributed by atoms with Gasteiger partial charge in [0.25, 0.3) is 17.7 Å². The molecule has 0 radical (unpaired) electrons. The fourth-order valence-corrected chi connectivity index (χ4v) is 4.45. The highest BCUT2D eigenvalue weighted by Crippen LogP contribution is 2.32. The third-order valence-electron chi connectivity index (χ3n) is 5.82. The van der Waals surface area contributed by atoms with Gasteiger partial charge in [-0.05, 0) is 55.7 Å². The van der Waals surface area contributed by atoms with Crippen LogP contribution in [0.1, 0.15) is 48.0 Å². The van der Waals surface area contributed by atoms with Crippen LogP contribution in [0.4, 0.5) is 11.4 Å². The van der Waals surface area contributed by atoms with E-state index in [9.17, 15) is 14.4 Å². The third kappa shape index (κ3) is 4.52. The first-order valence-corrected chi connectivity index (χ1v) is 11.3. The first-order valence-electron chi connectivity index (χ1n) is 10.6. The summed E-state index contributed by atoms with van der Waals surface area (Å²) in [4.78, 5) is 39.6. The number of halogens is 2. The van der Waals surface area contributed by atoms with Crippen molar-refractivity contribution in [1.82, 2.24) is 4.90 Å². The van der Waals surface area contributed by atoms with Crippen molar-refractivity contribution in [3.8, 4) is 0 Å². The fraction of sp³-hybridized carbons (Fsp3) is 0.292. The molecular weight excluding hydrogens is 449 g/mol. The summed E-state index contributed by atoms with van der Waals surface area (Å²) in [6.07, 6.45) is 4.70. The van der Waals surface area contributed by atoms with Crippen molar-refractivity contribution in [2.75, 3.05) is 10.6 Å². The van der Waals surface area contributed by atoms with Crippen molar-refractivity contribution in [2.24, 2.45) is 0 Å². The lowest BCUT2D eigenvalue weighted by Gasteiger charge is -2.29. The van der Waals surface area contributed by atoms with E-state index in [1.165, 1.54) is 4.90 Å². The minimum absolute atomic E-state index is 0.0464. The Hall–Kier alpha value is -2.83. The predicted molar refractivity (Wildman–Crippen MR) is 126 cm³/mol. The number of carbonyl (C=O) groups excluding carboxylic acids is 3. The Balaban J connectivity index is 1.49. The van der Waals surface area contributed by atoms with Gasteiger partial charge < -0.3 is 10.6 Å². The summed E-state index contributed by atoms with van der Waals surface area (Å²) in [5.74, 6) is -1.21. The van der Waals surface area contributed by atoms with Crippen LogP contribution in [0.25, 0.3) is 0 Å². The first-order chi connectivity index (χ1) is 15.3. The molecule has 0 spiro atoms. The summed E-state index contributed by atoms with van der Waals surface area (Å²) in [5.41, 5.74) is 2.40. The van der Waals surface area contributed by atoms with E-state index in [2.05, 4.69) is 10.6 Å². The minimum Gasteiger partial charge on any atom is -0.350 e. The molecule has 1 saturated carbocycles. The topological polar surface area (TPSA) is 78.5 Å². The lowest BCUT2D eigenvalue weighted by Crippen LogP contribution is -2.42. The minimum atomic E-state index is -0.462. The van der Waals surface area contributed by atoms with Gasteiger partial charge >= 0.3 is 0 Å². The van der Waals surface area contributed by atoms with Crippen LogP contribution in [0.15, 0.2) is 53.2 Å². The van der Waals surface area contributed by atoms with Gasteiger partial charge in [-0.1, -0.05) is 54.6 Å².